The molecular weight excluding hydrogens is 184 g/mol. The first-order chi connectivity index (χ1) is 6.31. The number of carbonyl (C=O) groups is 1. The van der Waals surface area contributed by atoms with E-state index < -0.39 is 0 Å². The Morgan fingerprint density at radius 2 is 2.31 bits per heavy atom. The SMILES string of the molecule is CSc1ncc2c(n1)CCCC2=O. The van der Waals surface area contributed by atoms with Crippen molar-refractivity contribution in [2.75, 3.05) is 6.26 Å². The highest BCUT2D eigenvalue weighted by Gasteiger charge is 2.18. The molecule has 0 N–H and O–H groups in total. The Hall–Kier alpha value is -0.900. The fraction of sp³-hybridized carbons (Fsp3) is 0.444. The van der Waals surface area contributed by atoms with Crippen molar-refractivity contribution < 1.29 is 4.79 Å². The summed E-state index contributed by atoms with van der Waals surface area (Å²) in [5.74, 6) is 0.189. The highest BCUT2D eigenvalue weighted by molar-refractivity contribution is 7.98. The number of carbonyl (C=O) groups excluding carboxylic acids is 1. The summed E-state index contributed by atoms with van der Waals surface area (Å²) in [7, 11) is 0. The Bertz CT molecular complexity index is 351. The minimum atomic E-state index is 0.189. The third-order valence-corrected chi connectivity index (χ3v) is 2.71. The Morgan fingerprint density at radius 1 is 1.46 bits per heavy atom. The Morgan fingerprint density at radius 3 is 3.08 bits per heavy atom. The Kier molecular flexibility index (Phi) is 2.31. The topological polar surface area (TPSA) is 42.9 Å². The summed E-state index contributed by atoms with van der Waals surface area (Å²) < 4.78 is 0. The van der Waals surface area contributed by atoms with Gasteiger partial charge in [0.15, 0.2) is 10.9 Å². The summed E-state index contributed by atoms with van der Waals surface area (Å²) in [4.78, 5) is 19.8. The second-order valence-electron chi connectivity index (χ2n) is 2.99. The highest BCUT2D eigenvalue weighted by atomic mass is 32.2. The van der Waals surface area contributed by atoms with Crippen LogP contribution in [0.4, 0.5) is 0 Å². The van der Waals surface area contributed by atoms with Crippen molar-refractivity contribution in [1.82, 2.24) is 9.97 Å². The smallest absolute Gasteiger partial charge is 0.187 e. The van der Waals surface area contributed by atoms with E-state index in [9.17, 15) is 4.79 Å². The van der Waals surface area contributed by atoms with Gasteiger partial charge in [0.2, 0.25) is 0 Å². The molecule has 0 bridgehead atoms. The van der Waals surface area contributed by atoms with Crippen LogP contribution >= 0.6 is 11.8 Å². The number of Topliss-reactive ketones (excluding diaryl/α,β-unsaturated/α-hetero) is 1. The lowest BCUT2D eigenvalue weighted by Gasteiger charge is -2.12. The number of aromatic nitrogens is 2. The fourth-order valence-electron chi connectivity index (χ4n) is 1.47. The van der Waals surface area contributed by atoms with Gasteiger partial charge < -0.3 is 0 Å². The number of nitrogens with zero attached hydrogens (tertiary/aromatic N) is 2. The number of hydrogen-bond donors (Lipinski definition) is 0. The van der Waals surface area contributed by atoms with Crippen LogP contribution in [0, 0.1) is 0 Å². The predicted octanol–water partition coefficient (Wildman–Crippen LogP) is 1.72. The van der Waals surface area contributed by atoms with E-state index in [1.165, 1.54) is 11.8 Å². The number of hydrogen-bond acceptors (Lipinski definition) is 4. The molecule has 1 aliphatic rings. The first kappa shape index (κ1) is 8.69. The zero-order valence-electron chi connectivity index (χ0n) is 7.41. The van der Waals surface area contributed by atoms with E-state index in [0.29, 0.717) is 6.42 Å². The maximum atomic E-state index is 11.4. The maximum absolute atomic E-state index is 11.4. The summed E-state index contributed by atoms with van der Waals surface area (Å²) >= 11 is 1.51. The van der Waals surface area contributed by atoms with Crippen LogP contribution in [0.2, 0.25) is 0 Å². The molecule has 0 spiro atoms. The number of rotatable bonds is 1. The normalized spacial score (nSPS) is 15.6. The van der Waals surface area contributed by atoms with E-state index in [1.54, 1.807) is 6.20 Å². The molecule has 1 aromatic heterocycles. The molecule has 0 aromatic carbocycles. The average molecular weight is 194 g/mol. The van der Waals surface area contributed by atoms with Gasteiger partial charge in [0.1, 0.15) is 0 Å². The van der Waals surface area contributed by atoms with Crippen molar-refractivity contribution in [1.29, 1.82) is 0 Å². The second kappa shape index (κ2) is 3.46. The van der Waals surface area contributed by atoms with Gasteiger partial charge in [0.05, 0.1) is 11.3 Å². The summed E-state index contributed by atoms with van der Waals surface area (Å²) in [5, 5.41) is 0.758. The number of aryl methyl sites for hydroxylation is 1. The lowest BCUT2D eigenvalue weighted by atomic mass is 9.96. The van der Waals surface area contributed by atoms with Gasteiger partial charge in [0, 0.05) is 12.6 Å². The van der Waals surface area contributed by atoms with E-state index in [4.69, 9.17) is 0 Å². The molecule has 1 aromatic rings. The van der Waals surface area contributed by atoms with Gasteiger partial charge >= 0.3 is 0 Å². The zero-order chi connectivity index (χ0) is 9.26. The monoisotopic (exact) mass is 194 g/mol. The van der Waals surface area contributed by atoms with Crippen molar-refractivity contribution in [3.63, 3.8) is 0 Å². The molecule has 0 amide bonds. The van der Waals surface area contributed by atoms with Crippen LogP contribution in [0.25, 0.3) is 0 Å². The zero-order valence-corrected chi connectivity index (χ0v) is 8.23. The third-order valence-electron chi connectivity index (χ3n) is 2.15. The van der Waals surface area contributed by atoms with E-state index in [-0.39, 0.29) is 5.78 Å². The van der Waals surface area contributed by atoms with E-state index in [0.717, 1.165) is 29.3 Å². The quantitative estimate of drug-likeness (QED) is 0.504. The summed E-state index contributed by atoms with van der Waals surface area (Å²) in [6, 6.07) is 0. The maximum Gasteiger partial charge on any atom is 0.187 e. The summed E-state index contributed by atoms with van der Waals surface area (Å²) in [6.45, 7) is 0. The molecule has 2 rings (SSSR count). The molecule has 0 saturated carbocycles. The van der Waals surface area contributed by atoms with Crippen molar-refractivity contribution >= 4 is 17.5 Å². The van der Waals surface area contributed by atoms with E-state index >= 15 is 0 Å². The van der Waals surface area contributed by atoms with Crippen LogP contribution in [0.3, 0.4) is 0 Å². The van der Waals surface area contributed by atoms with Crippen LogP contribution in [-0.4, -0.2) is 22.0 Å². The molecule has 0 saturated heterocycles. The molecule has 1 aliphatic carbocycles. The minimum Gasteiger partial charge on any atom is -0.294 e. The van der Waals surface area contributed by atoms with Crippen molar-refractivity contribution in [3.05, 3.63) is 17.5 Å². The van der Waals surface area contributed by atoms with Crippen LogP contribution in [0.15, 0.2) is 11.4 Å². The van der Waals surface area contributed by atoms with Crippen molar-refractivity contribution in [2.45, 2.75) is 24.4 Å². The molecule has 0 atom stereocenters. The van der Waals surface area contributed by atoms with Gasteiger partial charge in [-0.05, 0) is 19.1 Å². The van der Waals surface area contributed by atoms with Gasteiger partial charge in [-0.25, -0.2) is 9.97 Å². The van der Waals surface area contributed by atoms with Gasteiger partial charge in [-0.2, -0.15) is 0 Å². The van der Waals surface area contributed by atoms with Crippen LogP contribution < -0.4 is 0 Å². The molecule has 0 radical (unpaired) electrons. The molecule has 0 aliphatic heterocycles. The lowest BCUT2D eigenvalue weighted by Crippen LogP contribution is -2.13. The Labute approximate surface area is 81.0 Å². The van der Waals surface area contributed by atoms with E-state index in [2.05, 4.69) is 9.97 Å². The molecular formula is C9H10N2OS. The molecule has 13 heavy (non-hydrogen) atoms. The number of fused-ring (bicyclic) bond motifs is 1. The standard InChI is InChI=1S/C9H10N2OS/c1-13-9-10-5-6-7(11-9)3-2-4-8(6)12/h5H,2-4H2,1H3. The first-order valence-corrected chi connectivity index (χ1v) is 5.47. The van der Waals surface area contributed by atoms with E-state index in [1.807, 2.05) is 6.26 Å². The minimum absolute atomic E-state index is 0.189. The molecule has 0 unspecified atom stereocenters. The number of ketones is 1. The van der Waals surface area contributed by atoms with Crippen LogP contribution in [-0.2, 0) is 6.42 Å². The van der Waals surface area contributed by atoms with Crippen LogP contribution in [0.1, 0.15) is 28.9 Å². The average Bonchev–Trinajstić information content (AvgIpc) is 2.18. The van der Waals surface area contributed by atoms with Crippen LogP contribution in [0.5, 0.6) is 0 Å². The van der Waals surface area contributed by atoms with Gasteiger partial charge in [0.25, 0.3) is 0 Å². The lowest BCUT2D eigenvalue weighted by molar-refractivity contribution is 0.0970. The summed E-state index contributed by atoms with van der Waals surface area (Å²) in [5.41, 5.74) is 1.65. The molecule has 0 fully saturated rings. The Balaban J connectivity index is 2.45. The highest BCUT2D eigenvalue weighted by Crippen LogP contribution is 2.20. The van der Waals surface area contributed by atoms with Gasteiger partial charge in [-0.1, -0.05) is 11.8 Å². The molecule has 4 heteroatoms. The van der Waals surface area contributed by atoms with Crippen molar-refractivity contribution in [2.24, 2.45) is 0 Å². The van der Waals surface area contributed by atoms with Crippen molar-refractivity contribution in [3.8, 4) is 0 Å². The largest absolute Gasteiger partial charge is 0.294 e. The fourth-order valence-corrected chi connectivity index (χ4v) is 1.83. The molecule has 3 nitrogen and oxygen atoms in total. The first-order valence-electron chi connectivity index (χ1n) is 4.24. The van der Waals surface area contributed by atoms with Gasteiger partial charge in [-0.3, -0.25) is 4.79 Å². The molecule has 1 heterocycles. The molecule has 68 valence electrons. The third kappa shape index (κ3) is 1.58. The van der Waals surface area contributed by atoms with Gasteiger partial charge in [-0.15, -0.1) is 0 Å². The number of thioether (sulfide) groups is 1. The second-order valence-corrected chi connectivity index (χ2v) is 3.77. The summed E-state index contributed by atoms with van der Waals surface area (Å²) in [6.07, 6.45) is 6.09. The predicted molar refractivity (Wildman–Crippen MR) is 51.1 cm³/mol.